The molecule has 0 amide bonds. The Morgan fingerprint density at radius 1 is 1.26 bits per heavy atom. The molecule has 7 nitrogen and oxygen atoms in total. The lowest BCUT2D eigenvalue weighted by atomic mass is 10.1. The van der Waals surface area contributed by atoms with E-state index >= 15 is 0 Å². The van der Waals surface area contributed by atoms with E-state index in [0.717, 1.165) is 23.0 Å². The largest absolute Gasteiger partial charge is 0.392 e. The van der Waals surface area contributed by atoms with Crippen molar-refractivity contribution in [2.45, 2.75) is 18.6 Å². The van der Waals surface area contributed by atoms with E-state index in [1.165, 1.54) is 0 Å². The Labute approximate surface area is 160 Å². The van der Waals surface area contributed by atoms with E-state index in [-0.39, 0.29) is 12.1 Å². The van der Waals surface area contributed by atoms with Crippen LogP contribution in [-0.2, 0) is 0 Å². The molecule has 27 heavy (non-hydrogen) atoms. The highest BCUT2D eigenvalue weighted by molar-refractivity contribution is 6.32. The Balaban J connectivity index is 1.64. The normalized spacial score (nSPS) is 20.4. The predicted octanol–water partition coefficient (Wildman–Crippen LogP) is 2.67. The maximum Gasteiger partial charge on any atom is 0.181 e. The first kappa shape index (κ1) is 16.6. The van der Waals surface area contributed by atoms with Gasteiger partial charge in [-0.05, 0) is 12.5 Å². The van der Waals surface area contributed by atoms with Gasteiger partial charge in [0, 0.05) is 54.2 Å². The number of nitrogens with one attached hydrogen (secondary N) is 3. The monoisotopic (exact) mass is 382 g/mol. The van der Waals surface area contributed by atoms with Gasteiger partial charge in [-0.2, -0.15) is 0 Å². The number of benzene rings is 1. The highest BCUT2D eigenvalue weighted by Crippen LogP contribution is 2.34. The number of H-pyrrole nitrogens is 1. The Hall–Kier alpha value is -2.61. The number of halogens is 1. The molecule has 1 fully saturated rings. The molecule has 0 radical (unpaired) electrons. The van der Waals surface area contributed by atoms with E-state index in [2.05, 4.69) is 20.6 Å². The first-order chi connectivity index (χ1) is 13.2. The molecule has 0 saturated carbocycles. The van der Waals surface area contributed by atoms with Crippen LogP contribution in [0.15, 0.2) is 42.9 Å². The predicted molar refractivity (Wildman–Crippen MR) is 106 cm³/mol. The third-order valence-corrected chi connectivity index (χ3v) is 5.36. The fourth-order valence-corrected chi connectivity index (χ4v) is 4.00. The highest BCUT2D eigenvalue weighted by Gasteiger charge is 2.23. The number of hydrogen-bond donors (Lipinski definition) is 4. The summed E-state index contributed by atoms with van der Waals surface area (Å²) in [6, 6.07) is 8.13. The van der Waals surface area contributed by atoms with Gasteiger partial charge < -0.3 is 20.7 Å². The van der Waals surface area contributed by atoms with Crippen molar-refractivity contribution < 1.29 is 5.11 Å². The summed E-state index contributed by atoms with van der Waals surface area (Å²) in [5.74, 6) is 0.658. The molecular weight excluding hydrogens is 364 g/mol. The van der Waals surface area contributed by atoms with Crippen molar-refractivity contribution >= 4 is 34.0 Å². The van der Waals surface area contributed by atoms with Crippen LogP contribution in [-0.4, -0.2) is 49.7 Å². The first-order valence-corrected chi connectivity index (χ1v) is 9.33. The molecule has 2 unspecified atom stereocenters. The molecule has 1 aromatic carbocycles. The second kappa shape index (κ2) is 6.53. The number of nitrogens with zero attached hydrogens (tertiary/aromatic N) is 3. The number of piperidine rings is 1. The molecule has 1 aliphatic rings. The van der Waals surface area contributed by atoms with Crippen molar-refractivity contribution in [3.63, 3.8) is 0 Å². The quantitative estimate of drug-likeness (QED) is 0.437. The van der Waals surface area contributed by atoms with Gasteiger partial charge in [0.25, 0.3) is 0 Å². The van der Waals surface area contributed by atoms with Crippen molar-refractivity contribution in [1.29, 1.82) is 0 Å². The standard InChI is InChI=1S/C19H19ClN6O/c20-17-16(14-10-23-15-4-2-1-3-13(14)15)25-18(19-22-5-6-26(17)19)24-11-7-12(27)9-21-8-11/h1-6,10-12,21,23,27H,7-9H2,(H,24,25). The molecule has 0 spiro atoms. The van der Waals surface area contributed by atoms with Crippen LogP contribution in [0.2, 0.25) is 5.15 Å². The maximum absolute atomic E-state index is 9.93. The number of aliphatic hydroxyl groups excluding tert-OH is 1. The van der Waals surface area contributed by atoms with Crippen LogP contribution in [0.1, 0.15) is 6.42 Å². The van der Waals surface area contributed by atoms with Crippen LogP contribution >= 0.6 is 11.6 Å². The number of fused-ring (bicyclic) bond motifs is 2. The van der Waals surface area contributed by atoms with Crippen LogP contribution in [0.4, 0.5) is 5.82 Å². The summed E-state index contributed by atoms with van der Waals surface area (Å²) in [4.78, 5) is 12.5. The number of β-amino-alcohol motifs (C(OH)–C–C–N with tert-alkyl or cyclic N) is 1. The Kier molecular flexibility index (Phi) is 4.00. The number of aliphatic hydroxyl groups is 1. The smallest absolute Gasteiger partial charge is 0.181 e. The summed E-state index contributed by atoms with van der Waals surface area (Å²) in [6.07, 6.45) is 5.76. The molecule has 138 valence electrons. The highest BCUT2D eigenvalue weighted by atomic mass is 35.5. The number of imidazole rings is 1. The van der Waals surface area contributed by atoms with Gasteiger partial charge in [-0.3, -0.25) is 4.40 Å². The van der Waals surface area contributed by atoms with E-state index in [0.29, 0.717) is 35.3 Å². The summed E-state index contributed by atoms with van der Waals surface area (Å²) in [5.41, 5.74) is 3.33. The molecule has 0 aliphatic carbocycles. The third-order valence-electron chi connectivity index (χ3n) is 5.00. The lowest BCUT2D eigenvalue weighted by molar-refractivity contribution is 0.136. The molecule has 4 N–H and O–H groups in total. The SMILES string of the molecule is OC1CNCC(Nc2nc(-c3c[nH]c4ccccc34)c(Cl)n3ccnc23)C1. The number of anilines is 1. The number of aromatic nitrogens is 4. The first-order valence-electron chi connectivity index (χ1n) is 8.95. The van der Waals surface area contributed by atoms with Crippen LogP contribution in [0.3, 0.4) is 0 Å². The maximum atomic E-state index is 9.93. The van der Waals surface area contributed by atoms with Gasteiger partial charge in [0.2, 0.25) is 0 Å². The van der Waals surface area contributed by atoms with Crippen LogP contribution < -0.4 is 10.6 Å². The molecule has 3 aromatic heterocycles. The molecule has 0 bridgehead atoms. The number of aromatic amines is 1. The van der Waals surface area contributed by atoms with Gasteiger partial charge >= 0.3 is 0 Å². The van der Waals surface area contributed by atoms with Crippen molar-refractivity contribution in [3.8, 4) is 11.3 Å². The van der Waals surface area contributed by atoms with E-state index in [1.807, 2.05) is 41.1 Å². The molecule has 4 heterocycles. The van der Waals surface area contributed by atoms with Crippen LogP contribution in [0.25, 0.3) is 27.8 Å². The van der Waals surface area contributed by atoms with Crippen molar-refractivity contribution in [2.75, 3.05) is 18.4 Å². The zero-order chi connectivity index (χ0) is 18.4. The molecule has 1 saturated heterocycles. The Morgan fingerprint density at radius 2 is 2.15 bits per heavy atom. The molecular formula is C19H19ClN6O. The second-order valence-electron chi connectivity index (χ2n) is 6.86. The third kappa shape index (κ3) is 2.84. The number of para-hydroxylation sites is 1. The fourth-order valence-electron chi connectivity index (χ4n) is 3.72. The lowest BCUT2D eigenvalue weighted by Gasteiger charge is -2.28. The molecule has 2 atom stereocenters. The van der Waals surface area contributed by atoms with E-state index < -0.39 is 0 Å². The number of rotatable bonds is 3. The topological polar surface area (TPSA) is 90.3 Å². The zero-order valence-corrected chi connectivity index (χ0v) is 15.2. The zero-order valence-electron chi connectivity index (χ0n) is 14.5. The Bertz CT molecular complexity index is 1120. The summed E-state index contributed by atoms with van der Waals surface area (Å²) < 4.78 is 1.83. The molecule has 4 aromatic rings. The van der Waals surface area contributed by atoms with Gasteiger partial charge in [0.15, 0.2) is 11.5 Å². The summed E-state index contributed by atoms with van der Waals surface area (Å²) in [5, 5.41) is 18.2. The second-order valence-corrected chi connectivity index (χ2v) is 7.22. The van der Waals surface area contributed by atoms with Crippen molar-refractivity contribution in [3.05, 3.63) is 48.0 Å². The minimum Gasteiger partial charge on any atom is -0.392 e. The molecule has 1 aliphatic heterocycles. The van der Waals surface area contributed by atoms with Gasteiger partial charge in [-0.1, -0.05) is 29.8 Å². The van der Waals surface area contributed by atoms with Crippen LogP contribution in [0, 0.1) is 0 Å². The van der Waals surface area contributed by atoms with Crippen LogP contribution in [0.5, 0.6) is 0 Å². The summed E-state index contributed by atoms with van der Waals surface area (Å²) in [7, 11) is 0. The lowest BCUT2D eigenvalue weighted by Crippen LogP contribution is -2.45. The average Bonchev–Trinajstić information content (AvgIpc) is 3.32. The summed E-state index contributed by atoms with van der Waals surface area (Å²) >= 11 is 6.68. The van der Waals surface area contributed by atoms with Crippen molar-refractivity contribution in [1.82, 2.24) is 24.7 Å². The average molecular weight is 383 g/mol. The van der Waals surface area contributed by atoms with E-state index in [9.17, 15) is 5.11 Å². The summed E-state index contributed by atoms with van der Waals surface area (Å²) in [6.45, 7) is 1.38. The van der Waals surface area contributed by atoms with E-state index in [4.69, 9.17) is 16.6 Å². The Morgan fingerprint density at radius 3 is 3.04 bits per heavy atom. The van der Waals surface area contributed by atoms with Gasteiger partial charge in [0.1, 0.15) is 10.8 Å². The number of hydrogen-bond acceptors (Lipinski definition) is 5. The van der Waals surface area contributed by atoms with Gasteiger partial charge in [0.05, 0.1) is 6.10 Å². The fraction of sp³-hybridized carbons (Fsp3) is 0.263. The van der Waals surface area contributed by atoms with Crippen molar-refractivity contribution in [2.24, 2.45) is 0 Å². The van der Waals surface area contributed by atoms with Gasteiger partial charge in [-0.25, -0.2) is 9.97 Å². The van der Waals surface area contributed by atoms with E-state index in [1.54, 1.807) is 6.20 Å². The van der Waals surface area contributed by atoms with Gasteiger partial charge in [-0.15, -0.1) is 0 Å². The molecule has 8 heteroatoms. The minimum absolute atomic E-state index is 0.0683. The molecule has 5 rings (SSSR count). The minimum atomic E-state index is -0.368.